The summed E-state index contributed by atoms with van der Waals surface area (Å²) in [6.45, 7) is 2.38. The molecule has 176 valence electrons. The highest BCUT2D eigenvalue weighted by Crippen LogP contribution is 2.45. The predicted molar refractivity (Wildman–Crippen MR) is 123 cm³/mol. The summed E-state index contributed by atoms with van der Waals surface area (Å²) in [5.41, 5.74) is 1.65. The molecular formula is C24H28FN3O4S. The van der Waals surface area contributed by atoms with E-state index in [2.05, 4.69) is 17.0 Å². The number of carbonyl (C=O) groups excluding carboxylic acids is 1. The van der Waals surface area contributed by atoms with Crippen LogP contribution in [0.1, 0.15) is 53.9 Å². The molecule has 2 aromatic carbocycles. The van der Waals surface area contributed by atoms with Gasteiger partial charge in [0, 0.05) is 31.4 Å². The SMILES string of the molecule is O=C(NS(=O)(=O)N1CCC1)c1cc(C2CC2)c(O[C@@H]2CCCN(c3ccccc3)C2)cc1F. The van der Waals surface area contributed by atoms with E-state index >= 15 is 0 Å². The standard InChI is InChI=1S/C24H28FN3O4S/c25-22-15-23(32-19-8-4-11-27(16-19)18-6-2-1-3-7-18)20(17-9-10-17)14-21(22)24(29)26-33(30,31)28-12-5-13-28/h1-3,6-7,14-15,17,19H,4-5,8-13,16H2,(H,26,29)/t19-/m1/s1. The highest BCUT2D eigenvalue weighted by atomic mass is 32.2. The van der Waals surface area contributed by atoms with Gasteiger partial charge in [0.25, 0.3) is 5.91 Å². The number of hydrogen-bond acceptors (Lipinski definition) is 5. The summed E-state index contributed by atoms with van der Waals surface area (Å²) < 4.78 is 48.9. The third-order valence-corrected chi connectivity index (χ3v) is 8.02. The highest BCUT2D eigenvalue weighted by molar-refractivity contribution is 7.87. The monoisotopic (exact) mass is 473 g/mol. The number of piperidine rings is 1. The molecule has 1 aliphatic carbocycles. The van der Waals surface area contributed by atoms with E-state index in [0.29, 0.717) is 25.4 Å². The van der Waals surface area contributed by atoms with Crippen molar-refractivity contribution in [1.29, 1.82) is 0 Å². The fourth-order valence-corrected chi connectivity index (χ4v) is 5.62. The summed E-state index contributed by atoms with van der Waals surface area (Å²) in [7, 11) is -3.94. The summed E-state index contributed by atoms with van der Waals surface area (Å²) in [5, 5.41) is 0. The summed E-state index contributed by atoms with van der Waals surface area (Å²) in [6, 6.07) is 12.9. The van der Waals surface area contributed by atoms with Crippen LogP contribution in [-0.2, 0) is 10.2 Å². The number of para-hydroxylation sites is 1. The maximum absolute atomic E-state index is 15.0. The molecule has 1 saturated carbocycles. The predicted octanol–water partition coefficient (Wildman–Crippen LogP) is 3.43. The fourth-order valence-electron chi connectivity index (χ4n) is 4.41. The van der Waals surface area contributed by atoms with Gasteiger partial charge in [-0.1, -0.05) is 18.2 Å². The van der Waals surface area contributed by atoms with Crippen LogP contribution in [0.2, 0.25) is 0 Å². The number of benzene rings is 2. The van der Waals surface area contributed by atoms with Crippen LogP contribution in [0.25, 0.3) is 0 Å². The van der Waals surface area contributed by atoms with E-state index in [0.717, 1.165) is 49.9 Å². The van der Waals surface area contributed by atoms with Crippen molar-refractivity contribution in [3.63, 3.8) is 0 Å². The molecule has 33 heavy (non-hydrogen) atoms. The smallest absolute Gasteiger partial charge is 0.304 e. The first-order chi connectivity index (χ1) is 15.9. The van der Waals surface area contributed by atoms with Crippen LogP contribution in [0.3, 0.4) is 0 Å². The third kappa shape index (κ3) is 4.84. The largest absolute Gasteiger partial charge is 0.488 e. The van der Waals surface area contributed by atoms with Gasteiger partial charge < -0.3 is 9.64 Å². The van der Waals surface area contributed by atoms with Gasteiger partial charge >= 0.3 is 10.2 Å². The van der Waals surface area contributed by atoms with Gasteiger partial charge in [-0.25, -0.2) is 9.11 Å². The molecule has 2 aromatic rings. The molecule has 9 heteroatoms. The molecule has 0 spiro atoms. The topological polar surface area (TPSA) is 79.0 Å². The van der Waals surface area contributed by atoms with Crippen LogP contribution in [0.5, 0.6) is 5.75 Å². The van der Waals surface area contributed by atoms with Crippen molar-refractivity contribution in [1.82, 2.24) is 9.03 Å². The Labute approximate surface area is 193 Å². The normalized spacial score (nSPS) is 21.4. The van der Waals surface area contributed by atoms with E-state index in [4.69, 9.17) is 4.74 Å². The van der Waals surface area contributed by atoms with E-state index in [-0.39, 0.29) is 17.6 Å². The third-order valence-electron chi connectivity index (χ3n) is 6.53. The van der Waals surface area contributed by atoms with Gasteiger partial charge in [-0.05, 0) is 61.8 Å². The Hall–Kier alpha value is -2.65. The number of halogens is 1. The van der Waals surface area contributed by atoms with Crippen molar-refractivity contribution in [2.24, 2.45) is 0 Å². The summed E-state index contributed by atoms with van der Waals surface area (Å²) in [6.07, 6.45) is 4.37. The quantitative estimate of drug-likeness (QED) is 0.667. The van der Waals surface area contributed by atoms with Gasteiger partial charge in [-0.2, -0.15) is 12.7 Å². The molecule has 5 rings (SSSR count). The van der Waals surface area contributed by atoms with Crippen molar-refractivity contribution in [3.05, 3.63) is 59.4 Å². The Morgan fingerprint density at radius 1 is 1.03 bits per heavy atom. The van der Waals surface area contributed by atoms with E-state index in [1.165, 1.54) is 16.4 Å². The van der Waals surface area contributed by atoms with Gasteiger partial charge in [0.15, 0.2) is 0 Å². The number of nitrogens with one attached hydrogen (secondary N) is 1. The minimum Gasteiger partial charge on any atom is -0.488 e. The molecule has 0 aromatic heterocycles. The summed E-state index contributed by atoms with van der Waals surface area (Å²) >= 11 is 0. The molecule has 2 saturated heterocycles. The van der Waals surface area contributed by atoms with Crippen molar-refractivity contribution in [3.8, 4) is 5.75 Å². The minimum atomic E-state index is -3.94. The highest BCUT2D eigenvalue weighted by Gasteiger charge is 2.33. The lowest BCUT2D eigenvalue weighted by Gasteiger charge is -2.35. The second-order valence-electron chi connectivity index (χ2n) is 9.00. The molecule has 7 nitrogen and oxygen atoms in total. The maximum Gasteiger partial charge on any atom is 0.304 e. The lowest BCUT2D eigenvalue weighted by molar-refractivity contribution is 0.0973. The minimum absolute atomic E-state index is 0.0951. The van der Waals surface area contributed by atoms with Crippen molar-refractivity contribution < 1.29 is 22.3 Å². The zero-order valence-electron chi connectivity index (χ0n) is 18.4. The van der Waals surface area contributed by atoms with E-state index in [1.54, 1.807) is 0 Å². The number of amides is 1. The van der Waals surface area contributed by atoms with Gasteiger partial charge in [0.1, 0.15) is 17.7 Å². The number of ether oxygens (including phenoxy) is 1. The zero-order chi connectivity index (χ0) is 23.0. The molecule has 2 aliphatic heterocycles. The van der Waals surface area contributed by atoms with Crippen LogP contribution in [0.4, 0.5) is 10.1 Å². The first kappa shape index (κ1) is 22.2. The molecule has 1 amide bonds. The first-order valence-electron chi connectivity index (χ1n) is 11.5. The van der Waals surface area contributed by atoms with E-state index in [1.807, 2.05) is 22.9 Å². The molecule has 3 fully saturated rings. The van der Waals surface area contributed by atoms with E-state index in [9.17, 15) is 17.6 Å². The van der Waals surface area contributed by atoms with Crippen LogP contribution >= 0.6 is 0 Å². The van der Waals surface area contributed by atoms with Gasteiger partial charge in [0.05, 0.1) is 12.1 Å². The number of carbonyl (C=O) groups is 1. The van der Waals surface area contributed by atoms with Crippen molar-refractivity contribution >= 4 is 21.8 Å². The van der Waals surface area contributed by atoms with Crippen LogP contribution in [0.15, 0.2) is 42.5 Å². The molecule has 1 atom stereocenters. The van der Waals surface area contributed by atoms with E-state index < -0.39 is 21.9 Å². The Morgan fingerprint density at radius 2 is 1.79 bits per heavy atom. The lowest BCUT2D eigenvalue weighted by atomic mass is 10.0. The molecule has 0 radical (unpaired) electrons. The molecule has 0 bridgehead atoms. The number of nitrogens with zero attached hydrogens (tertiary/aromatic N) is 2. The average molecular weight is 474 g/mol. The second kappa shape index (κ2) is 8.95. The van der Waals surface area contributed by atoms with Crippen LogP contribution in [-0.4, -0.2) is 50.9 Å². The number of hydrogen-bond donors (Lipinski definition) is 1. The van der Waals surface area contributed by atoms with Gasteiger partial charge in [0.2, 0.25) is 0 Å². The molecule has 0 unspecified atom stereocenters. The zero-order valence-corrected chi connectivity index (χ0v) is 19.2. The molecule has 1 N–H and O–H groups in total. The lowest BCUT2D eigenvalue weighted by Crippen LogP contribution is -2.49. The Morgan fingerprint density at radius 3 is 2.45 bits per heavy atom. The Bertz CT molecular complexity index is 1130. The maximum atomic E-state index is 15.0. The molecule has 3 aliphatic rings. The molecular weight excluding hydrogens is 445 g/mol. The van der Waals surface area contributed by atoms with Crippen molar-refractivity contribution in [2.45, 2.75) is 44.1 Å². The Kier molecular flexibility index (Phi) is 6.01. The molecule has 2 heterocycles. The number of rotatable bonds is 7. The number of anilines is 1. The first-order valence-corrected chi connectivity index (χ1v) is 13.0. The average Bonchev–Trinajstić information content (AvgIpc) is 3.58. The second-order valence-corrected chi connectivity index (χ2v) is 10.7. The Balaban J connectivity index is 1.34. The van der Waals surface area contributed by atoms with Gasteiger partial charge in [-0.15, -0.1) is 0 Å². The summed E-state index contributed by atoms with van der Waals surface area (Å²) in [4.78, 5) is 14.9. The van der Waals surface area contributed by atoms with Crippen LogP contribution < -0.4 is 14.4 Å². The van der Waals surface area contributed by atoms with Crippen molar-refractivity contribution in [2.75, 3.05) is 31.1 Å². The summed E-state index contributed by atoms with van der Waals surface area (Å²) in [5.74, 6) is -1.06. The van der Waals surface area contributed by atoms with Gasteiger partial charge in [-0.3, -0.25) is 4.79 Å². The fraction of sp³-hybridized carbons (Fsp3) is 0.458. The van der Waals surface area contributed by atoms with Crippen LogP contribution in [0, 0.1) is 5.82 Å².